The standard InChI is InChI=1S/C9H14S.C2H6/c1-6(2)9-7(3)5-8(4)10-9;1-2/h5-6H,1-4H3;1-2H3. The van der Waals surface area contributed by atoms with E-state index in [1.165, 1.54) is 15.3 Å². The van der Waals surface area contributed by atoms with Gasteiger partial charge in [-0.05, 0) is 31.4 Å². The van der Waals surface area contributed by atoms with Gasteiger partial charge in [0, 0.05) is 9.75 Å². The van der Waals surface area contributed by atoms with Crippen molar-refractivity contribution in [2.45, 2.75) is 47.5 Å². The monoisotopic (exact) mass is 184 g/mol. The van der Waals surface area contributed by atoms with Gasteiger partial charge in [-0.15, -0.1) is 11.3 Å². The lowest BCUT2D eigenvalue weighted by atomic mass is 10.1. The summed E-state index contributed by atoms with van der Waals surface area (Å²) in [6, 6.07) is 2.26. The van der Waals surface area contributed by atoms with E-state index in [9.17, 15) is 0 Å². The van der Waals surface area contributed by atoms with Crippen molar-refractivity contribution in [3.8, 4) is 0 Å². The van der Waals surface area contributed by atoms with Crippen molar-refractivity contribution < 1.29 is 0 Å². The fraction of sp³-hybridized carbons (Fsp3) is 0.636. The van der Waals surface area contributed by atoms with Crippen LogP contribution in [-0.2, 0) is 0 Å². The van der Waals surface area contributed by atoms with Crippen molar-refractivity contribution in [2.75, 3.05) is 0 Å². The van der Waals surface area contributed by atoms with Crippen molar-refractivity contribution in [3.05, 3.63) is 21.4 Å². The first kappa shape index (κ1) is 11.7. The Kier molecular flexibility index (Phi) is 5.23. The second-order valence-corrected chi connectivity index (χ2v) is 4.35. The third-order valence-corrected chi connectivity index (χ3v) is 3.06. The van der Waals surface area contributed by atoms with Crippen molar-refractivity contribution in [3.63, 3.8) is 0 Å². The molecule has 0 amide bonds. The lowest BCUT2D eigenvalue weighted by molar-refractivity contribution is 0.881. The summed E-state index contributed by atoms with van der Waals surface area (Å²) in [6.07, 6.45) is 0. The number of thiophene rings is 1. The Bertz CT molecular complexity index is 221. The zero-order valence-electron chi connectivity index (χ0n) is 9.06. The zero-order chi connectivity index (χ0) is 9.72. The minimum Gasteiger partial charge on any atom is -0.145 e. The molecule has 0 aliphatic carbocycles. The molecular formula is C11H20S. The van der Waals surface area contributed by atoms with E-state index in [1.807, 2.05) is 25.2 Å². The molecule has 1 heterocycles. The predicted octanol–water partition coefficient (Wildman–Crippen LogP) is 4.51. The molecule has 0 aliphatic heterocycles. The summed E-state index contributed by atoms with van der Waals surface area (Å²) in [5.74, 6) is 0.693. The van der Waals surface area contributed by atoms with Gasteiger partial charge in [-0.2, -0.15) is 0 Å². The molecule has 0 saturated heterocycles. The normalized spacial score (nSPS) is 9.58. The maximum Gasteiger partial charge on any atom is 0.0103 e. The molecule has 1 rings (SSSR count). The highest BCUT2D eigenvalue weighted by atomic mass is 32.1. The van der Waals surface area contributed by atoms with E-state index in [0.29, 0.717) is 5.92 Å². The van der Waals surface area contributed by atoms with Gasteiger partial charge in [-0.25, -0.2) is 0 Å². The highest BCUT2D eigenvalue weighted by Crippen LogP contribution is 2.27. The maximum absolute atomic E-state index is 2.26. The number of hydrogen-bond acceptors (Lipinski definition) is 1. The highest BCUT2D eigenvalue weighted by molar-refractivity contribution is 7.12. The summed E-state index contributed by atoms with van der Waals surface area (Å²) in [6.45, 7) is 12.9. The van der Waals surface area contributed by atoms with Gasteiger partial charge < -0.3 is 0 Å². The van der Waals surface area contributed by atoms with E-state index in [2.05, 4.69) is 33.8 Å². The Morgan fingerprint density at radius 2 is 1.67 bits per heavy atom. The van der Waals surface area contributed by atoms with Crippen molar-refractivity contribution in [1.29, 1.82) is 0 Å². The Hall–Kier alpha value is -0.300. The Morgan fingerprint density at radius 1 is 1.17 bits per heavy atom. The number of aryl methyl sites for hydroxylation is 2. The average molecular weight is 184 g/mol. The molecule has 0 nitrogen and oxygen atoms in total. The van der Waals surface area contributed by atoms with E-state index in [1.54, 1.807) is 0 Å². The van der Waals surface area contributed by atoms with E-state index in [-0.39, 0.29) is 0 Å². The van der Waals surface area contributed by atoms with Crippen molar-refractivity contribution >= 4 is 11.3 Å². The van der Waals surface area contributed by atoms with Crippen LogP contribution in [0, 0.1) is 13.8 Å². The lowest BCUT2D eigenvalue weighted by Crippen LogP contribution is -1.82. The van der Waals surface area contributed by atoms with Crippen LogP contribution in [0.1, 0.15) is 48.9 Å². The smallest absolute Gasteiger partial charge is 0.0103 e. The maximum atomic E-state index is 2.26. The Labute approximate surface area is 80.6 Å². The summed E-state index contributed by atoms with van der Waals surface area (Å²) in [5.41, 5.74) is 1.46. The van der Waals surface area contributed by atoms with Crippen LogP contribution in [0.25, 0.3) is 0 Å². The largest absolute Gasteiger partial charge is 0.145 e. The van der Waals surface area contributed by atoms with Crippen LogP contribution in [0.3, 0.4) is 0 Å². The molecule has 1 aromatic heterocycles. The van der Waals surface area contributed by atoms with Crippen LogP contribution in [0.5, 0.6) is 0 Å². The molecule has 70 valence electrons. The van der Waals surface area contributed by atoms with Crippen molar-refractivity contribution in [1.82, 2.24) is 0 Å². The summed E-state index contributed by atoms with van der Waals surface area (Å²) in [5, 5.41) is 0. The molecular weight excluding hydrogens is 164 g/mol. The summed E-state index contributed by atoms with van der Waals surface area (Å²) in [7, 11) is 0. The highest BCUT2D eigenvalue weighted by Gasteiger charge is 2.05. The van der Waals surface area contributed by atoms with Crippen LogP contribution in [-0.4, -0.2) is 0 Å². The van der Waals surface area contributed by atoms with E-state index >= 15 is 0 Å². The van der Waals surface area contributed by atoms with E-state index in [4.69, 9.17) is 0 Å². The predicted molar refractivity (Wildman–Crippen MR) is 59.2 cm³/mol. The van der Waals surface area contributed by atoms with Gasteiger partial charge in [0.2, 0.25) is 0 Å². The summed E-state index contributed by atoms with van der Waals surface area (Å²) < 4.78 is 0. The molecule has 0 N–H and O–H groups in total. The molecule has 0 saturated carbocycles. The first-order chi connectivity index (χ1) is 5.61. The summed E-state index contributed by atoms with van der Waals surface area (Å²) in [4.78, 5) is 2.97. The Morgan fingerprint density at radius 3 is 1.83 bits per heavy atom. The second kappa shape index (κ2) is 5.36. The first-order valence-corrected chi connectivity index (χ1v) is 5.50. The molecule has 0 spiro atoms. The molecule has 0 fully saturated rings. The minimum atomic E-state index is 0.693. The number of hydrogen-bond donors (Lipinski definition) is 0. The molecule has 0 aliphatic rings. The van der Waals surface area contributed by atoms with E-state index < -0.39 is 0 Å². The SMILES string of the molecule is CC.Cc1cc(C)c(C(C)C)s1. The molecule has 1 aromatic rings. The first-order valence-electron chi connectivity index (χ1n) is 4.68. The Balaban J connectivity index is 0.000000561. The van der Waals surface area contributed by atoms with Gasteiger partial charge in [-0.3, -0.25) is 0 Å². The third kappa shape index (κ3) is 2.98. The molecule has 0 aromatic carbocycles. The van der Waals surface area contributed by atoms with Gasteiger partial charge in [-0.1, -0.05) is 27.7 Å². The quantitative estimate of drug-likeness (QED) is 0.602. The number of rotatable bonds is 1. The molecule has 12 heavy (non-hydrogen) atoms. The van der Waals surface area contributed by atoms with Gasteiger partial charge in [0.15, 0.2) is 0 Å². The van der Waals surface area contributed by atoms with Crippen LogP contribution >= 0.6 is 11.3 Å². The van der Waals surface area contributed by atoms with Crippen LogP contribution in [0.4, 0.5) is 0 Å². The molecule has 0 radical (unpaired) electrons. The fourth-order valence-electron chi connectivity index (χ4n) is 1.23. The van der Waals surface area contributed by atoms with Crippen LogP contribution < -0.4 is 0 Å². The molecule has 0 unspecified atom stereocenters. The van der Waals surface area contributed by atoms with E-state index in [0.717, 1.165) is 0 Å². The fourth-order valence-corrected chi connectivity index (χ4v) is 2.27. The zero-order valence-corrected chi connectivity index (χ0v) is 9.88. The van der Waals surface area contributed by atoms with Gasteiger partial charge in [0.05, 0.1) is 0 Å². The molecule has 0 bridgehead atoms. The lowest BCUT2D eigenvalue weighted by Gasteiger charge is -2.00. The van der Waals surface area contributed by atoms with Crippen LogP contribution in [0.2, 0.25) is 0 Å². The minimum absolute atomic E-state index is 0.693. The van der Waals surface area contributed by atoms with Crippen molar-refractivity contribution in [2.24, 2.45) is 0 Å². The topological polar surface area (TPSA) is 0 Å². The van der Waals surface area contributed by atoms with Gasteiger partial charge in [0.1, 0.15) is 0 Å². The summed E-state index contributed by atoms with van der Waals surface area (Å²) >= 11 is 1.92. The average Bonchev–Trinajstić information content (AvgIpc) is 2.34. The van der Waals surface area contributed by atoms with Gasteiger partial charge in [0.25, 0.3) is 0 Å². The molecule has 0 atom stereocenters. The van der Waals surface area contributed by atoms with Gasteiger partial charge >= 0.3 is 0 Å². The third-order valence-electron chi connectivity index (χ3n) is 1.60. The second-order valence-electron chi connectivity index (χ2n) is 3.06. The molecule has 1 heteroatoms. The van der Waals surface area contributed by atoms with Crippen LogP contribution in [0.15, 0.2) is 6.07 Å².